The maximum atomic E-state index is 13.6. The van der Waals surface area contributed by atoms with Gasteiger partial charge in [-0.3, -0.25) is 19.4 Å². The number of hydrogen-bond donors (Lipinski definition) is 1. The Labute approximate surface area is 209 Å². The second-order valence-corrected chi connectivity index (χ2v) is 10.7. The summed E-state index contributed by atoms with van der Waals surface area (Å²) in [5.74, 6) is -0.750. The van der Waals surface area contributed by atoms with E-state index < -0.39 is 5.60 Å². The van der Waals surface area contributed by atoms with E-state index in [-0.39, 0.29) is 30.1 Å². The van der Waals surface area contributed by atoms with E-state index in [9.17, 15) is 14.4 Å². The molecule has 35 heavy (non-hydrogen) atoms. The third kappa shape index (κ3) is 4.89. The van der Waals surface area contributed by atoms with E-state index in [1.165, 1.54) is 0 Å². The number of hydrogen-bond acceptors (Lipinski definition) is 6. The largest absolute Gasteiger partial charge is 0.458 e. The van der Waals surface area contributed by atoms with Crippen LogP contribution in [0.3, 0.4) is 0 Å². The van der Waals surface area contributed by atoms with Crippen molar-refractivity contribution in [1.82, 2.24) is 15.2 Å². The molecule has 2 fully saturated rings. The van der Waals surface area contributed by atoms with E-state index in [0.29, 0.717) is 26.1 Å². The Bertz CT molecular complexity index is 1150. The first-order valence-electron chi connectivity index (χ1n) is 12.4. The average Bonchev–Trinajstić information content (AvgIpc) is 3.49. The Morgan fingerprint density at radius 2 is 2.14 bits per heavy atom. The molecule has 0 radical (unpaired) electrons. The van der Waals surface area contributed by atoms with E-state index in [1.807, 2.05) is 41.6 Å². The summed E-state index contributed by atoms with van der Waals surface area (Å²) in [6.07, 6.45) is 10.8. The fourth-order valence-corrected chi connectivity index (χ4v) is 6.37. The molecule has 3 aliphatic rings. The van der Waals surface area contributed by atoms with Crippen molar-refractivity contribution in [3.63, 3.8) is 0 Å². The van der Waals surface area contributed by atoms with E-state index in [1.54, 1.807) is 17.4 Å². The summed E-state index contributed by atoms with van der Waals surface area (Å²) in [6.45, 7) is 3.42. The number of amides is 2. The van der Waals surface area contributed by atoms with Gasteiger partial charge in [0.25, 0.3) is 0 Å². The van der Waals surface area contributed by atoms with Crippen LogP contribution in [0.4, 0.5) is 0 Å². The number of aryl methyl sites for hydroxylation is 1. The summed E-state index contributed by atoms with van der Waals surface area (Å²) in [4.78, 5) is 45.6. The molecule has 1 saturated carbocycles. The van der Waals surface area contributed by atoms with Crippen molar-refractivity contribution in [2.24, 2.45) is 5.92 Å². The Balaban J connectivity index is 1.27. The minimum Gasteiger partial charge on any atom is -0.458 e. The van der Waals surface area contributed by atoms with Gasteiger partial charge in [0.2, 0.25) is 11.8 Å². The first kappa shape index (κ1) is 23.7. The van der Waals surface area contributed by atoms with E-state index in [4.69, 9.17) is 4.74 Å². The monoisotopic (exact) mass is 493 g/mol. The van der Waals surface area contributed by atoms with Crippen molar-refractivity contribution >= 4 is 35.2 Å². The first-order chi connectivity index (χ1) is 16.9. The maximum absolute atomic E-state index is 13.6. The summed E-state index contributed by atoms with van der Waals surface area (Å²) >= 11 is 1.58. The molecule has 1 atom stereocenters. The lowest BCUT2D eigenvalue weighted by atomic mass is 9.75. The SMILES string of the molecule is Cc1ncc2c(c1CNC(=O)/C=C/c1cccs1)CCN(C(=O)[C@H]1CC(=O)OC13CCCCC3)C2. The topological polar surface area (TPSA) is 88.6 Å². The number of carbonyl (C=O) groups is 3. The second-order valence-electron chi connectivity index (χ2n) is 9.76. The van der Waals surface area contributed by atoms with Crippen LogP contribution in [0.25, 0.3) is 6.08 Å². The molecule has 0 unspecified atom stereocenters. The van der Waals surface area contributed by atoms with E-state index in [2.05, 4.69) is 10.3 Å². The van der Waals surface area contributed by atoms with Crippen LogP contribution in [0.2, 0.25) is 0 Å². The quantitative estimate of drug-likeness (QED) is 0.504. The van der Waals surface area contributed by atoms with Crippen LogP contribution in [0.1, 0.15) is 65.8 Å². The van der Waals surface area contributed by atoms with Gasteiger partial charge in [-0.2, -0.15) is 0 Å². The Morgan fingerprint density at radius 1 is 1.31 bits per heavy atom. The zero-order valence-corrected chi connectivity index (χ0v) is 20.9. The number of nitrogens with one attached hydrogen (secondary N) is 1. The average molecular weight is 494 g/mol. The summed E-state index contributed by atoms with van der Waals surface area (Å²) in [5.41, 5.74) is 3.48. The molecular weight excluding hydrogens is 462 g/mol. The van der Waals surface area contributed by atoms with Crippen LogP contribution in [0.15, 0.2) is 29.8 Å². The summed E-state index contributed by atoms with van der Waals surface area (Å²) in [7, 11) is 0. The molecule has 2 amide bonds. The molecular formula is C27H31N3O4S. The number of pyridine rings is 1. The molecule has 1 saturated heterocycles. The molecule has 8 heteroatoms. The molecule has 2 aromatic heterocycles. The van der Waals surface area contributed by atoms with Gasteiger partial charge in [0.05, 0.1) is 12.3 Å². The molecule has 184 valence electrons. The smallest absolute Gasteiger partial charge is 0.307 e. The highest BCUT2D eigenvalue weighted by Crippen LogP contribution is 2.45. The van der Waals surface area contributed by atoms with Crippen molar-refractivity contribution in [3.05, 3.63) is 57.0 Å². The summed E-state index contributed by atoms with van der Waals surface area (Å²) in [6, 6.07) is 3.92. The van der Waals surface area contributed by atoms with Crippen molar-refractivity contribution < 1.29 is 19.1 Å². The van der Waals surface area contributed by atoms with Crippen LogP contribution in [0, 0.1) is 12.8 Å². The van der Waals surface area contributed by atoms with Gasteiger partial charge in [0, 0.05) is 42.5 Å². The standard InChI is InChI=1S/C27H31N3O4S/c1-18-22(16-29-24(31)8-7-20-6-5-13-35-20)21-9-12-30(17-19(21)15-28-18)26(33)23-14-25(32)34-27(23)10-3-2-4-11-27/h5-8,13,15,23H,2-4,9-12,14,16-17H2,1H3,(H,29,31)/b8-7+/t23-/m1/s1. The van der Waals surface area contributed by atoms with Gasteiger partial charge in [-0.25, -0.2) is 0 Å². The predicted octanol–water partition coefficient (Wildman–Crippen LogP) is 3.93. The van der Waals surface area contributed by atoms with Gasteiger partial charge >= 0.3 is 5.97 Å². The minimum atomic E-state index is -0.607. The Morgan fingerprint density at radius 3 is 2.91 bits per heavy atom. The van der Waals surface area contributed by atoms with Crippen LogP contribution in [-0.4, -0.2) is 39.8 Å². The normalized spacial score (nSPS) is 21.2. The predicted molar refractivity (Wildman–Crippen MR) is 133 cm³/mol. The number of nitrogens with zero attached hydrogens (tertiary/aromatic N) is 2. The number of rotatable bonds is 5. The van der Waals surface area contributed by atoms with Crippen LogP contribution in [0.5, 0.6) is 0 Å². The van der Waals surface area contributed by atoms with Crippen LogP contribution < -0.4 is 5.32 Å². The fourth-order valence-electron chi connectivity index (χ4n) is 5.75. The van der Waals surface area contributed by atoms with Crippen molar-refractivity contribution in [2.45, 2.75) is 70.6 Å². The zero-order valence-electron chi connectivity index (χ0n) is 20.0. The van der Waals surface area contributed by atoms with Gasteiger partial charge in [-0.1, -0.05) is 12.5 Å². The van der Waals surface area contributed by atoms with Gasteiger partial charge < -0.3 is 15.0 Å². The van der Waals surface area contributed by atoms with Crippen LogP contribution in [-0.2, 0) is 38.6 Å². The lowest BCUT2D eigenvalue weighted by molar-refractivity contribution is -0.156. The molecule has 0 aromatic carbocycles. The molecule has 1 aliphatic carbocycles. The molecule has 4 heterocycles. The fraction of sp³-hybridized carbons (Fsp3) is 0.481. The van der Waals surface area contributed by atoms with Gasteiger partial charge in [0.15, 0.2) is 0 Å². The number of ether oxygens (including phenoxy) is 1. The molecule has 2 aliphatic heterocycles. The van der Waals surface area contributed by atoms with E-state index in [0.717, 1.165) is 59.4 Å². The number of carbonyl (C=O) groups excluding carboxylic acids is 3. The molecule has 0 bridgehead atoms. The lowest BCUT2D eigenvalue weighted by Crippen LogP contribution is -2.48. The third-order valence-corrected chi connectivity index (χ3v) is 8.45. The first-order valence-corrected chi connectivity index (χ1v) is 13.3. The highest BCUT2D eigenvalue weighted by molar-refractivity contribution is 7.10. The molecule has 7 nitrogen and oxygen atoms in total. The van der Waals surface area contributed by atoms with Gasteiger partial charge in [0.1, 0.15) is 5.60 Å². The number of esters is 1. The summed E-state index contributed by atoms with van der Waals surface area (Å²) in [5, 5.41) is 4.95. The Kier molecular flexibility index (Phi) is 6.73. The molecule has 5 rings (SSSR count). The number of thiophene rings is 1. The van der Waals surface area contributed by atoms with E-state index >= 15 is 0 Å². The molecule has 1 N–H and O–H groups in total. The van der Waals surface area contributed by atoms with Crippen molar-refractivity contribution in [3.8, 4) is 0 Å². The highest BCUT2D eigenvalue weighted by Gasteiger charge is 2.54. The summed E-state index contributed by atoms with van der Waals surface area (Å²) < 4.78 is 5.77. The number of aromatic nitrogens is 1. The molecule has 1 spiro atoms. The van der Waals surface area contributed by atoms with Gasteiger partial charge in [-0.15, -0.1) is 11.3 Å². The maximum Gasteiger partial charge on any atom is 0.307 e. The van der Waals surface area contributed by atoms with Crippen molar-refractivity contribution in [1.29, 1.82) is 0 Å². The second kappa shape index (κ2) is 9.93. The third-order valence-electron chi connectivity index (χ3n) is 7.61. The highest BCUT2D eigenvalue weighted by atomic mass is 32.1. The van der Waals surface area contributed by atoms with Gasteiger partial charge in [-0.05, 0) is 73.2 Å². The lowest BCUT2D eigenvalue weighted by Gasteiger charge is -2.39. The molecule has 2 aromatic rings. The number of fused-ring (bicyclic) bond motifs is 1. The minimum absolute atomic E-state index is 0.0255. The van der Waals surface area contributed by atoms with Crippen molar-refractivity contribution in [2.75, 3.05) is 6.54 Å². The Hall–Kier alpha value is -3.00. The van der Waals surface area contributed by atoms with Crippen LogP contribution >= 0.6 is 11.3 Å². The zero-order chi connectivity index (χ0) is 24.4.